The zero-order valence-electron chi connectivity index (χ0n) is 10.9. The number of hydrogen-bond acceptors (Lipinski definition) is 3. The Bertz CT molecular complexity index is 378. The highest BCUT2D eigenvalue weighted by atomic mass is 16.3. The predicted molar refractivity (Wildman–Crippen MR) is 73.7 cm³/mol. The minimum atomic E-state index is 0.134. The van der Waals surface area contributed by atoms with Crippen molar-refractivity contribution in [2.24, 2.45) is 5.92 Å². The molecule has 18 heavy (non-hydrogen) atoms. The van der Waals surface area contributed by atoms with Gasteiger partial charge in [0.25, 0.3) is 0 Å². The van der Waals surface area contributed by atoms with Crippen LogP contribution in [0.1, 0.15) is 18.4 Å². The number of hydrogen-bond donors (Lipinski definition) is 1. The molecule has 3 rings (SSSR count). The zero-order valence-corrected chi connectivity index (χ0v) is 10.9. The third kappa shape index (κ3) is 2.85. The molecular weight excluding hydrogens is 224 g/mol. The lowest BCUT2D eigenvalue weighted by molar-refractivity contribution is 0.248. The Hall–Kier alpha value is -1.06. The summed E-state index contributed by atoms with van der Waals surface area (Å²) in [6, 6.07) is 8.29. The van der Waals surface area contributed by atoms with E-state index in [4.69, 9.17) is 5.11 Å². The van der Waals surface area contributed by atoms with Crippen molar-refractivity contribution >= 4 is 5.69 Å². The summed E-state index contributed by atoms with van der Waals surface area (Å²) in [7, 11) is 0. The summed E-state index contributed by atoms with van der Waals surface area (Å²) in [6.45, 7) is 6.10. The van der Waals surface area contributed by atoms with Gasteiger partial charge in [0.2, 0.25) is 0 Å². The summed E-state index contributed by atoms with van der Waals surface area (Å²) in [5.74, 6) is 1.00. The first-order valence-corrected chi connectivity index (χ1v) is 7.02. The van der Waals surface area contributed by atoms with Crippen molar-refractivity contribution in [3.63, 3.8) is 0 Å². The van der Waals surface area contributed by atoms with Gasteiger partial charge in [-0.1, -0.05) is 12.1 Å². The first-order valence-electron chi connectivity index (χ1n) is 7.02. The standard InChI is InChI=1S/C15H22N2O/c18-12-14-3-5-15(6-4-14)17-9-7-16(8-10-17)11-13-1-2-13/h3-6,13,18H,1-2,7-12H2. The van der Waals surface area contributed by atoms with Crippen LogP contribution in [-0.4, -0.2) is 42.7 Å². The normalized spacial score (nSPS) is 21.3. The van der Waals surface area contributed by atoms with Gasteiger partial charge in [-0.3, -0.25) is 4.90 Å². The SMILES string of the molecule is OCc1ccc(N2CCN(CC3CC3)CC2)cc1. The zero-order chi connectivity index (χ0) is 12.4. The summed E-state index contributed by atoms with van der Waals surface area (Å²) in [4.78, 5) is 5.06. The molecule has 3 heteroatoms. The molecule has 2 fully saturated rings. The number of aliphatic hydroxyl groups is 1. The summed E-state index contributed by atoms with van der Waals surface area (Å²) >= 11 is 0. The lowest BCUT2D eigenvalue weighted by Gasteiger charge is -2.36. The molecule has 0 spiro atoms. The second-order valence-electron chi connectivity index (χ2n) is 5.56. The molecule has 0 unspecified atom stereocenters. The first kappa shape index (κ1) is 12.0. The van der Waals surface area contributed by atoms with E-state index in [0.717, 1.165) is 24.6 Å². The maximum absolute atomic E-state index is 9.04. The third-order valence-corrected chi connectivity index (χ3v) is 4.07. The molecule has 0 amide bonds. The smallest absolute Gasteiger partial charge is 0.0681 e. The molecule has 98 valence electrons. The van der Waals surface area contributed by atoms with Crippen LogP contribution >= 0.6 is 0 Å². The second kappa shape index (κ2) is 5.29. The molecule has 0 bridgehead atoms. The van der Waals surface area contributed by atoms with Gasteiger partial charge in [-0.05, 0) is 36.5 Å². The van der Waals surface area contributed by atoms with E-state index < -0.39 is 0 Å². The fourth-order valence-electron chi connectivity index (χ4n) is 2.67. The molecule has 1 saturated carbocycles. The van der Waals surface area contributed by atoms with Crippen LogP contribution < -0.4 is 4.90 Å². The molecule has 0 radical (unpaired) electrons. The second-order valence-corrected chi connectivity index (χ2v) is 5.56. The molecule has 0 atom stereocenters. The highest BCUT2D eigenvalue weighted by Crippen LogP contribution is 2.30. The van der Waals surface area contributed by atoms with Gasteiger partial charge in [-0.25, -0.2) is 0 Å². The molecule has 1 aliphatic heterocycles. The van der Waals surface area contributed by atoms with E-state index >= 15 is 0 Å². The van der Waals surface area contributed by atoms with Crippen LogP contribution in [0.25, 0.3) is 0 Å². The van der Waals surface area contributed by atoms with E-state index in [0.29, 0.717) is 0 Å². The van der Waals surface area contributed by atoms with E-state index in [1.807, 2.05) is 12.1 Å². The van der Waals surface area contributed by atoms with Crippen molar-refractivity contribution < 1.29 is 5.11 Å². The molecule has 1 aromatic carbocycles. The fraction of sp³-hybridized carbons (Fsp3) is 0.600. The fourth-order valence-corrected chi connectivity index (χ4v) is 2.67. The number of aliphatic hydroxyl groups excluding tert-OH is 1. The Morgan fingerprint density at radius 3 is 2.22 bits per heavy atom. The van der Waals surface area contributed by atoms with Crippen LogP contribution in [0, 0.1) is 5.92 Å². The Morgan fingerprint density at radius 1 is 1.00 bits per heavy atom. The number of rotatable bonds is 4. The van der Waals surface area contributed by atoms with Gasteiger partial charge < -0.3 is 10.0 Å². The van der Waals surface area contributed by atoms with Crippen LogP contribution in [-0.2, 0) is 6.61 Å². The third-order valence-electron chi connectivity index (χ3n) is 4.07. The van der Waals surface area contributed by atoms with Crippen LogP contribution in [0.2, 0.25) is 0 Å². The number of benzene rings is 1. The topological polar surface area (TPSA) is 26.7 Å². The monoisotopic (exact) mass is 246 g/mol. The van der Waals surface area contributed by atoms with Crippen molar-refractivity contribution in [1.82, 2.24) is 4.90 Å². The van der Waals surface area contributed by atoms with Gasteiger partial charge in [-0.2, -0.15) is 0 Å². The van der Waals surface area contributed by atoms with Gasteiger partial charge in [0.1, 0.15) is 0 Å². The van der Waals surface area contributed by atoms with Gasteiger partial charge in [-0.15, -0.1) is 0 Å². The number of piperazine rings is 1. The van der Waals surface area contributed by atoms with Crippen LogP contribution in [0.3, 0.4) is 0 Å². The van der Waals surface area contributed by atoms with Crippen molar-refractivity contribution in [2.45, 2.75) is 19.4 Å². The van der Waals surface area contributed by atoms with Crippen LogP contribution in [0.5, 0.6) is 0 Å². The van der Waals surface area contributed by atoms with Gasteiger partial charge >= 0.3 is 0 Å². The minimum absolute atomic E-state index is 0.134. The quantitative estimate of drug-likeness (QED) is 0.876. The van der Waals surface area contributed by atoms with E-state index in [-0.39, 0.29) is 6.61 Å². The Morgan fingerprint density at radius 2 is 1.67 bits per heavy atom. The van der Waals surface area contributed by atoms with Gasteiger partial charge in [0, 0.05) is 38.4 Å². The average molecular weight is 246 g/mol. The molecule has 2 aliphatic rings. The van der Waals surface area contributed by atoms with Crippen molar-refractivity contribution in [2.75, 3.05) is 37.6 Å². The van der Waals surface area contributed by atoms with E-state index in [9.17, 15) is 0 Å². The highest BCUT2D eigenvalue weighted by Gasteiger charge is 2.26. The maximum atomic E-state index is 9.04. The van der Waals surface area contributed by atoms with E-state index in [1.54, 1.807) is 0 Å². The molecule has 3 nitrogen and oxygen atoms in total. The summed E-state index contributed by atoms with van der Waals surface area (Å²) in [6.07, 6.45) is 2.89. The molecule has 1 aliphatic carbocycles. The molecule has 1 aromatic rings. The van der Waals surface area contributed by atoms with Crippen molar-refractivity contribution in [3.05, 3.63) is 29.8 Å². The number of nitrogens with zero attached hydrogens (tertiary/aromatic N) is 2. The predicted octanol–water partition coefficient (Wildman–Crippen LogP) is 1.71. The largest absolute Gasteiger partial charge is 0.392 e. The van der Waals surface area contributed by atoms with Crippen molar-refractivity contribution in [1.29, 1.82) is 0 Å². The highest BCUT2D eigenvalue weighted by molar-refractivity contribution is 5.48. The molecular formula is C15H22N2O. The minimum Gasteiger partial charge on any atom is -0.392 e. The lowest BCUT2D eigenvalue weighted by Crippen LogP contribution is -2.47. The Balaban J connectivity index is 1.54. The summed E-state index contributed by atoms with van der Waals surface area (Å²) in [5, 5.41) is 9.04. The average Bonchev–Trinajstić information content (AvgIpc) is 3.24. The Labute approximate surface area is 109 Å². The molecule has 0 aromatic heterocycles. The van der Waals surface area contributed by atoms with E-state index in [2.05, 4.69) is 21.9 Å². The Kier molecular flexibility index (Phi) is 3.52. The van der Waals surface area contributed by atoms with E-state index in [1.165, 1.54) is 38.2 Å². The van der Waals surface area contributed by atoms with Crippen molar-refractivity contribution in [3.8, 4) is 0 Å². The summed E-state index contributed by atoms with van der Waals surface area (Å²) in [5.41, 5.74) is 2.28. The molecule has 1 heterocycles. The summed E-state index contributed by atoms with van der Waals surface area (Å²) < 4.78 is 0. The first-order chi connectivity index (χ1) is 8.85. The van der Waals surface area contributed by atoms with Crippen LogP contribution in [0.15, 0.2) is 24.3 Å². The van der Waals surface area contributed by atoms with Gasteiger partial charge in [0.15, 0.2) is 0 Å². The number of anilines is 1. The van der Waals surface area contributed by atoms with Gasteiger partial charge in [0.05, 0.1) is 6.61 Å². The maximum Gasteiger partial charge on any atom is 0.0681 e. The van der Waals surface area contributed by atoms with Crippen LogP contribution in [0.4, 0.5) is 5.69 Å². The lowest BCUT2D eigenvalue weighted by atomic mass is 10.2. The molecule has 1 saturated heterocycles. The molecule has 1 N–H and O–H groups in total.